The standard InChI is InChI=1S/C60H39N3O2/c1-60(2)49-24-8-6-21-45(49)55-43(22-12-25-50(55)60)40-18-10-17-38(32-40)39-28-30-53-48(34-39)56-46(23-13-27-54(56)65-53)59-62-57(41-19-11-16-37(33-41)36-14-4-3-5-15-36)61-58(63-59)42-29-31-52-47(35-42)44-20-7-9-26-51(44)64-52/h3-35H,1-2H3. The molecular weight excluding hydrogens is 795 g/mol. The lowest BCUT2D eigenvalue weighted by molar-refractivity contribution is 0.660. The summed E-state index contributed by atoms with van der Waals surface area (Å²) in [6.45, 7) is 4.67. The van der Waals surface area contributed by atoms with E-state index in [4.69, 9.17) is 23.8 Å². The molecule has 13 rings (SSSR count). The molecule has 5 nitrogen and oxygen atoms in total. The Balaban J connectivity index is 0.971. The first kappa shape index (κ1) is 37.2. The molecule has 0 radical (unpaired) electrons. The van der Waals surface area contributed by atoms with Gasteiger partial charge in [-0.15, -0.1) is 0 Å². The van der Waals surface area contributed by atoms with Crippen LogP contribution in [0.25, 0.3) is 123 Å². The molecule has 0 saturated carbocycles. The summed E-state index contributed by atoms with van der Waals surface area (Å²) >= 11 is 0. The van der Waals surface area contributed by atoms with Crippen LogP contribution in [0.3, 0.4) is 0 Å². The molecule has 0 aliphatic heterocycles. The van der Waals surface area contributed by atoms with Gasteiger partial charge in [-0.3, -0.25) is 0 Å². The Hall–Kier alpha value is -8.41. The van der Waals surface area contributed by atoms with Crippen molar-refractivity contribution in [2.24, 2.45) is 0 Å². The summed E-state index contributed by atoms with van der Waals surface area (Å²) in [6.07, 6.45) is 0. The van der Waals surface area contributed by atoms with Crippen LogP contribution in [-0.4, -0.2) is 15.0 Å². The van der Waals surface area contributed by atoms with Gasteiger partial charge in [-0.2, -0.15) is 0 Å². The van der Waals surface area contributed by atoms with Gasteiger partial charge in [0.25, 0.3) is 0 Å². The van der Waals surface area contributed by atoms with Crippen molar-refractivity contribution in [1.82, 2.24) is 15.0 Å². The van der Waals surface area contributed by atoms with Gasteiger partial charge < -0.3 is 8.83 Å². The molecule has 0 bridgehead atoms. The third kappa shape index (κ3) is 5.97. The number of hydrogen-bond acceptors (Lipinski definition) is 5. The van der Waals surface area contributed by atoms with E-state index in [1.165, 1.54) is 33.4 Å². The molecule has 0 spiro atoms. The van der Waals surface area contributed by atoms with Crippen molar-refractivity contribution in [1.29, 1.82) is 0 Å². The topological polar surface area (TPSA) is 65.0 Å². The van der Waals surface area contributed by atoms with E-state index in [0.29, 0.717) is 17.5 Å². The number of nitrogens with zero attached hydrogens (tertiary/aromatic N) is 3. The van der Waals surface area contributed by atoms with Crippen LogP contribution in [0.5, 0.6) is 0 Å². The number of furan rings is 2. The average Bonchev–Trinajstić information content (AvgIpc) is 4.01. The highest BCUT2D eigenvalue weighted by Crippen LogP contribution is 2.52. The number of fused-ring (bicyclic) bond motifs is 9. The van der Waals surface area contributed by atoms with E-state index in [9.17, 15) is 0 Å². The predicted molar refractivity (Wildman–Crippen MR) is 265 cm³/mol. The maximum atomic E-state index is 6.59. The van der Waals surface area contributed by atoms with Gasteiger partial charge in [-0.05, 0) is 110 Å². The molecule has 0 atom stereocenters. The third-order valence-electron chi connectivity index (χ3n) is 13.3. The normalized spacial score (nSPS) is 12.9. The van der Waals surface area contributed by atoms with Crippen molar-refractivity contribution < 1.29 is 8.83 Å². The van der Waals surface area contributed by atoms with Gasteiger partial charge in [0.2, 0.25) is 0 Å². The van der Waals surface area contributed by atoms with Crippen molar-refractivity contribution in [2.75, 3.05) is 0 Å². The molecule has 9 aromatic carbocycles. The van der Waals surface area contributed by atoms with Gasteiger partial charge in [0.1, 0.15) is 22.3 Å². The largest absolute Gasteiger partial charge is 0.456 e. The van der Waals surface area contributed by atoms with Gasteiger partial charge in [0.15, 0.2) is 17.5 Å². The minimum absolute atomic E-state index is 0.0703. The number of hydrogen-bond donors (Lipinski definition) is 0. The second kappa shape index (κ2) is 14.3. The quantitative estimate of drug-likeness (QED) is 0.167. The van der Waals surface area contributed by atoms with Gasteiger partial charge >= 0.3 is 0 Å². The van der Waals surface area contributed by atoms with Crippen molar-refractivity contribution in [2.45, 2.75) is 19.3 Å². The lowest BCUT2D eigenvalue weighted by Crippen LogP contribution is -2.14. The van der Waals surface area contributed by atoms with E-state index in [-0.39, 0.29) is 5.41 Å². The monoisotopic (exact) mass is 833 g/mol. The maximum absolute atomic E-state index is 6.59. The fourth-order valence-electron chi connectivity index (χ4n) is 10.1. The third-order valence-corrected chi connectivity index (χ3v) is 13.3. The fraction of sp³-hybridized carbons (Fsp3) is 0.0500. The fourth-order valence-corrected chi connectivity index (χ4v) is 10.1. The molecule has 3 aromatic heterocycles. The minimum atomic E-state index is -0.0703. The first-order chi connectivity index (χ1) is 31.9. The Labute approximate surface area is 375 Å². The Bertz CT molecular complexity index is 3880. The second-order valence-electron chi connectivity index (χ2n) is 17.5. The van der Waals surface area contributed by atoms with Crippen molar-refractivity contribution in [3.05, 3.63) is 211 Å². The highest BCUT2D eigenvalue weighted by molar-refractivity contribution is 6.13. The van der Waals surface area contributed by atoms with Crippen molar-refractivity contribution in [3.63, 3.8) is 0 Å². The predicted octanol–water partition coefficient (Wildman–Crippen LogP) is 16.0. The van der Waals surface area contributed by atoms with Crippen LogP contribution in [0, 0.1) is 0 Å². The molecule has 306 valence electrons. The van der Waals surface area contributed by atoms with Crippen LogP contribution in [-0.2, 0) is 5.41 Å². The maximum Gasteiger partial charge on any atom is 0.164 e. The van der Waals surface area contributed by atoms with E-state index >= 15 is 0 Å². The molecule has 1 aliphatic rings. The zero-order valence-corrected chi connectivity index (χ0v) is 35.7. The highest BCUT2D eigenvalue weighted by atomic mass is 16.3. The molecule has 12 aromatic rings. The Kier molecular flexibility index (Phi) is 8.18. The molecular formula is C60H39N3O2. The van der Waals surface area contributed by atoms with Gasteiger partial charge in [-0.25, -0.2) is 15.0 Å². The Morgan fingerprint density at radius 1 is 0.323 bits per heavy atom. The van der Waals surface area contributed by atoms with E-state index in [1.54, 1.807) is 0 Å². The first-order valence-corrected chi connectivity index (χ1v) is 22.1. The molecule has 0 saturated heterocycles. The number of rotatable bonds is 6. The number of para-hydroxylation sites is 1. The number of aromatic nitrogens is 3. The highest BCUT2D eigenvalue weighted by Gasteiger charge is 2.36. The Morgan fingerprint density at radius 3 is 1.69 bits per heavy atom. The van der Waals surface area contributed by atoms with Crippen LogP contribution < -0.4 is 0 Å². The van der Waals surface area contributed by atoms with Crippen LogP contribution >= 0.6 is 0 Å². The minimum Gasteiger partial charge on any atom is -0.456 e. The van der Waals surface area contributed by atoms with Crippen LogP contribution in [0.2, 0.25) is 0 Å². The summed E-state index contributed by atoms with van der Waals surface area (Å²) in [7, 11) is 0. The number of benzene rings is 9. The molecule has 5 heteroatoms. The summed E-state index contributed by atoms with van der Waals surface area (Å²) in [4.78, 5) is 15.7. The van der Waals surface area contributed by atoms with Crippen molar-refractivity contribution >= 4 is 43.9 Å². The van der Waals surface area contributed by atoms with Crippen LogP contribution in [0.15, 0.2) is 209 Å². The van der Waals surface area contributed by atoms with Crippen LogP contribution in [0.1, 0.15) is 25.0 Å². The van der Waals surface area contributed by atoms with Crippen molar-refractivity contribution in [3.8, 4) is 78.7 Å². The van der Waals surface area contributed by atoms with E-state index in [0.717, 1.165) is 82.8 Å². The smallest absolute Gasteiger partial charge is 0.164 e. The molecule has 1 aliphatic carbocycles. The molecule has 3 heterocycles. The zero-order chi connectivity index (χ0) is 43.2. The van der Waals surface area contributed by atoms with E-state index in [2.05, 4.69) is 166 Å². The first-order valence-electron chi connectivity index (χ1n) is 22.1. The molecule has 0 N–H and O–H groups in total. The van der Waals surface area contributed by atoms with E-state index < -0.39 is 0 Å². The molecule has 0 fully saturated rings. The Morgan fingerprint density at radius 2 is 0.831 bits per heavy atom. The van der Waals surface area contributed by atoms with Crippen LogP contribution in [0.4, 0.5) is 0 Å². The second-order valence-corrected chi connectivity index (χ2v) is 17.5. The molecule has 65 heavy (non-hydrogen) atoms. The summed E-state index contributed by atoms with van der Waals surface area (Å²) in [5, 5.41) is 4.01. The lowest BCUT2D eigenvalue weighted by atomic mass is 9.82. The SMILES string of the molecule is CC1(C)c2ccccc2-c2c(-c3cccc(-c4ccc5oc6cccc(-c7nc(-c8cccc(-c9ccccc9)c8)nc(-c8ccc9oc%10ccccc%10c9c8)n7)c6c5c4)c3)cccc21. The molecule has 0 amide bonds. The molecule has 0 unspecified atom stereocenters. The van der Waals surface area contributed by atoms with Gasteiger partial charge in [0, 0.05) is 43.7 Å². The summed E-state index contributed by atoms with van der Waals surface area (Å²) in [5.74, 6) is 1.72. The average molecular weight is 834 g/mol. The lowest BCUT2D eigenvalue weighted by Gasteiger charge is -2.21. The summed E-state index contributed by atoms with van der Waals surface area (Å²) < 4.78 is 12.8. The van der Waals surface area contributed by atoms with Gasteiger partial charge in [-0.1, -0.05) is 159 Å². The summed E-state index contributed by atoms with van der Waals surface area (Å²) in [5.41, 5.74) is 18.0. The van der Waals surface area contributed by atoms with Gasteiger partial charge in [0.05, 0.1) is 0 Å². The zero-order valence-electron chi connectivity index (χ0n) is 35.7. The summed E-state index contributed by atoms with van der Waals surface area (Å²) in [6, 6.07) is 70.3. The van der Waals surface area contributed by atoms with E-state index in [1.807, 2.05) is 48.5 Å².